The van der Waals surface area contributed by atoms with E-state index in [9.17, 15) is 14.0 Å². The highest BCUT2D eigenvalue weighted by Gasteiger charge is 2.38. The Hall–Kier alpha value is -2.34. The highest BCUT2D eigenvalue weighted by molar-refractivity contribution is 6.30. The Kier molecular flexibility index (Phi) is 5.56. The Morgan fingerprint density at radius 2 is 2.04 bits per heavy atom. The SMILES string of the molecule is Cc1coc(CC(=O)O)c1C(=O)NCC1(c2cccc(Cl)c2F)CCCC1. The Bertz CT molecular complexity index is 871. The molecule has 1 fully saturated rings. The van der Waals surface area contributed by atoms with E-state index < -0.39 is 23.1 Å². The average Bonchev–Trinajstić information content (AvgIpc) is 3.23. The predicted molar refractivity (Wildman–Crippen MR) is 98.7 cm³/mol. The minimum absolute atomic E-state index is 0.0690. The van der Waals surface area contributed by atoms with Crippen LogP contribution in [-0.4, -0.2) is 23.5 Å². The van der Waals surface area contributed by atoms with E-state index in [2.05, 4.69) is 5.32 Å². The lowest BCUT2D eigenvalue weighted by molar-refractivity contribution is -0.136. The van der Waals surface area contributed by atoms with E-state index in [1.54, 1.807) is 19.1 Å². The predicted octanol–water partition coefficient (Wildman–Crippen LogP) is 4.25. The summed E-state index contributed by atoms with van der Waals surface area (Å²) in [5, 5.41) is 11.9. The van der Waals surface area contributed by atoms with Crippen LogP contribution in [-0.2, 0) is 16.6 Å². The monoisotopic (exact) mass is 393 g/mol. The van der Waals surface area contributed by atoms with Crippen LogP contribution in [0.15, 0.2) is 28.9 Å². The summed E-state index contributed by atoms with van der Waals surface area (Å²) in [4.78, 5) is 23.7. The minimum atomic E-state index is -1.08. The second-order valence-electron chi connectivity index (χ2n) is 7.06. The van der Waals surface area contributed by atoms with Crippen LogP contribution in [0.3, 0.4) is 0 Å². The van der Waals surface area contributed by atoms with E-state index in [0.717, 1.165) is 25.7 Å². The van der Waals surface area contributed by atoms with Gasteiger partial charge >= 0.3 is 5.97 Å². The molecule has 1 aromatic carbocycles. The molecule has 2 aromatic rings. The third-order valence-electron chi connectivity index (χ3n) is 5.26. The number of furan rings is 1. The number of aryl methyl sites for hydroxylation is 1. The van der Waals surface area contributed by atoms with Gasteiger partial charge in [-0.2, -0.15) is 0 Å². The van der Waals surface area contributed by atoms with Crippen molar-refractivity contribution >= 4 is 23.5 Å². The Balaban J connectivity index is 1.84. The van der Waals surface area contributed by atoms with Gasteiger partial charge in [-0.25, -0.2) is 4.39 Å². The summed E-state index contributed by atoms with van der Waals surface area (Å²) in [7, 11) is 0. The average molecular weight is 394 g/mol. The molecule has 0 saturated heterocycles. The summed E-state index contributed by atoms with van der Waals surface area (Å²) in [6, 6.07) is 4.94. The van der Waals surface area contributed by atoms with Crippen molar-refractivity contribution in [3.05, 3.63) is 57.8 Å². The van der Waals surface area contributed by atoms with E-state index >= 15 is 0 Å². The van der Waals surface area contributed by atoms with Gasteiger partial charge in [0.25, 0.3) is 5.91 Å². The smallest absolute Gasteiger partial charge is 0.311 e. The number of rotatable bonds is 6. The summed E-state index contributed by atoms with van der Waals surface area (Å²) >= 11 is 5.96. The highest BCUT2D eigenvalue weighted by atomic mass is 35.5. The number of aliphatic carboxylic acids is 1. The molecule has 7 heteroatoms. The molecule has 0 bridgehead atoms. The van der Waals surface area contributed by atoms with Gasteiger partial charge in [-0.3, -0.25) is 9.59 Å². The van der Waals surface area contributed by atoms with Crippen LogP contribution >= 0.6 is 11.6 Å². The van der Waals surface area contributed by atoms with Crippen LogP contribution in [0, 0.1) is 12.7 Å². The molecule has 0 aliphatic heterocycles. The van der Waals surface area contributed by atoms with Crippen LogP contribution in [0.25, 0.3) is 0 Å². The second kappa shape index (κ2) is 7.72. The maximum Gasteiger partial charge on any atom is 0.311 e. The molecule has 0 atom stereocenters. The van der Waals surface area contributed by atoms with Crippen molar-refractivity contribution < 1.29 is 23.5 Å². The van der Waals surface area contributed by atoms with Gasteiger partial charge < -0.3 is 14.8 Å². The molecule has 1 aliphatic rings. The Morgan fingerprint density at radius 3 is 2.70 bits per heavy atom. The molecular weight excluding hydrogens is 373 g/mol. The van der Waals surface area contributed by atoms with Crippen molar-refractivity contribution in [3.8, 4) is 0 Å². The van der Waals surface area contributed by atoms with Crippen molar-refractivity contribution in [1.82, 2.24) is 5.32 Å². The third kappa shape index (κ3) is 3.86. The standard InChI is InChI=1S/C20H21ClFNO4/c1-12-10-27-15(9-16(24)25)17(12)19(26)23-11-20(7-2-3-8-20)13-5-4-6-14(21)18(13)22/h4-6,10H,2-3,7-9,11H2,1H3,(H,23,26)(H,24,25). The number of halogens is 2. The lowest BCUT2D eigenvalue weighted by Gasteiger charge is -2.30. The van der Waals surface area contributed by atoms with Crippen molar-refractivity contribution in [2.24, 2.45) is 0 Å². The minimum Gasteiger partial charge on any atom is -0.481 e. The van der Waals surface area contributed by atoms with Crippen molar-refractivity contribution in [2.45, 2.75) is 44.4 Å². The summed E-state index contributed by atoms with van der Waals surface area (Å²) in [5.41, 5.74) is 0.799. The third-order valence-corrected chi connectivity index (χ3v) is 5.55. The first-order chi connectivity index (χ1) is 12.8. The molecule has 2 N–H and O–H groups in total. The molecule has 27 heavy (non-hydrogen) atoms. The summed E-state index contributed by atoms with van der Waals surface area (Å²) in [6.45, 7) is 1.94. The zero-order valence-electron chi connectivity index (χ0n) is 15.0. The number of benzene rings is 1. The number of hydrogen-bond acceptors (Lipinski definition) is 3. The fraction of sp³-hybridized carbons (Fsp3) is 0.400. The van der Waals surface area contributed by atoms with E-state index in [4.69, 9.17) is 21.1 Å². The summed E-state index contributed by atoms with van der Waals surface area (Å²) in [6.07, 6.45) is 4.38. The lowest BCUT2D eigenvalue weighted by atomic mass is 9.78. The van der Waals surface area contributed by atoms with E-state index in [1.165, 1.54) is 12.3 Å². The highest BCUT2D eigenvalue weighted by Crippen LogP contribution is 2.42. The second-order valence-corrected chi connectivity index (χ2v) is 7.47. The molecule has 0 radical (unpaired) electrons. The van der Waals surface area contributed by atoms with Gasteiger partial charge in [0.05, 0.1) is 16.8 Å². The Labute approximate surface area is 161 Å². The van der Waals surface area contributed by atoms with Gasteiger partial charge in [0, 0.05) is 17.5 Å². The van der Waals surface area contributed by atoms with Crippen LogP contribution in [0.1, 0.15) is 52.9 Å². The molecule has 1 aliphatic carbocycles. The fourth-order valence-corrected chi connectivity index (χ4v) is 4.09. The normalized spacial score (nSPS) is 15.7. The van der Waals surface area contributed by atoms with Crippen LogP contribution in [0.4, 0.5) is 4.39 Å². The Morgan fingerprint density at radius 1 is 1.33 bits per heavy atom. The first-order valence-corrected chi connectivity index (χ1v) is 9.23. The number of carboxylic acid groups (broad SMARTS) is 1. The van der Waals surface area contributed by atoms with E-state index in [0.29, 0.717) is 11.1 Å². The summed E-state index contributed by atoms with van der Waals surface area (Å²) < 4.78 is 19.9. The van der Waals surface area contributed by atoms with Crippen molar-refractivity contribution in [1.29, 1.82) is 0 Å². The van der Waals surface area contributed by atoms with Gasteiger partial charge in [-0.15, -0.1) is 0 Å². The zero-order chi connectivity index (χ0) is 19.6. The van der Waals surface area contributed by atoms with Crippen molar-refractivity contribution in [2.75, 3.05) is 6.54 Å². The summed E-state index contributed by atoms with van der Waals surface area (Å²) in [5.74, 6) is -1.81. The maximum atomic E-state index is 14.6. The number of hydrogen-bond donors (Lipinski definition) is 2. The lowest BCUT2D eigenvalue weighted by Crippen LogP contribution is -2.40. The molecule has 1 aromatic heterocycles. The molecule has 1 heterocycles. The van der Waals surface area contributed by atoms with Crippen molar-refractivity contribution in [3.63, 3.8) is 0 Å². The van der Waals surface area contributed by atoms with Gasteiger partial charge in [-0.1, -0.05) is 36.6 Å². The van der Waals surface area contributed by atoms with Gasteiger partial charge in [0.15, 0.2) is 0 Å². The van der Waals surface area contributed by atoms with Gasteiger partial charge in [-0.05, 0) is 31.4 Å². The first kappa shape index (κ1) is 19.4. The van der Waals surface area contributed by atoms with Crippen LogP contribution < -0.4 is 5.32 Å². The fourth-order valence-electron chi connectivity index (χ4n) is 3.91. The molecule has 144 valence electrons. The maximum absolute atomic E-state index is 14.6. The zero-order valence-corrected chi connectivity index (χ0v) is 15.7. The number of amides is 1. The molecular formula is C20H21ClFNO4. The number of carbonyl (C=O) groups is 2. The molecule has 1 amide bonds. The first-order valence-electron chi connectivity index (χ1n) is 8.85. The van der Waals surface area contributed by atoms with Crippen LogP contribution in [0.5, 0.6) is 0 Å². The molecule has 0 unspecified atom stereocenters. The topological polar surface area (TPSA) is 79.5 Å². The van der Waals surface area contributed by atoms with Gasteiger partial charge in [0.2, 0.25) is 0 Å². The molecule has 0 spiro atoms. The van der Waals surface area contributed by atoms with E-state index in [-0.39, 0.29) is 29.3 Å². The number of nitrogens with one attached hydrogen (secondary N) is 1. The molecule has 1 saturated carbocycles. The molecule has 5 nitrogen and oxygen atoms in total. The largest absolute Gasteiger partial charge is 0.481 e. The quantitative estimate of drug-likeness (QED) is 0.768. The van der Waals surface area contributed by atoms with E-state index in [1.807, 2.05) is 0 Å². The van der Waals surface area contributed by atoms with Crippen LogP contribution in [0.2, 0.25) is 5.02 Å². The molecule has 3 rings (SSSR count). The number of carbonyl (C=O) groups excluding carboxylic acids is 1. The number of carboxylic acids is 1. The van der Waals surface area contributed by atoms with Gasteiger partial charge in [0.1, 0.15) is 18.0 Å².